The van der Waals surface area contributed by atoms with Gasteiger partial charge < -0.3 is 25.2 Å². The van der Waals surface area contributed by atoms with E-state index >= 15 is 0 Å². The molecular weight excluding hydrogens is 256 g/mol. The van der Waals surface area contributed by atoms with Crippen molar-refractivity contribution in [3.8, 4) is 0 Å². The number of esters is 1. The highest BCUT2D eigenvalue weighted by atomic mass is 16.5. The Bertz CT molecular complexity index is 309. The van der Waals surface area contributed by atoms with Crippen molar-refractivity contribution in [3.05, 3.63) is 0 Å². The van der Waals surface area contributed by atoms with E-state index in [1.807, 2.05) is 0 Å². The fraction of sp³-hybridized carbons (Fsp3) is 0.833. The molecule has 7 nitrogen and oxygen atoms in total. The summed E-state index contributed by atoms with van der Waals surface area (Å²) in [6, 6.07) is 0. The predicted octanol–water partition coefficient (Wildman–Crippen LogP) is -0.331. The number of carbonyl (C=O) groups is 2. The largest absolute Gasteiger partial charge is 0.481 e. The molecule has 0 aliphatic rings. The van der Waals surface area contributed by atoms with E-state index in [1.165, 1.54) is 13.8 Å². The minimum atomic E-state index is -1.44. The van der Waals surface area contributed by atoms with Crippen molar-refractivity contribution in [2.75, 3.05) is 13.2 Å². The zero-order valence-corrected chi connectivity index (χ0v) is 11.3. The van der Waals surface area contributed by atoms with Gasteiger partial charge in [0.15, 0.2) is 0 Å². The quantitative estimate of drug-likeness (QED) is 0.425. The van der Waals surface area contributed by atoms with Crippen molar-refractivity contribution < 1.29 is 34.8 Å². The van der Waals surface area contributed by atoms with Crippen LogP contribution < -0.4 is 0 Å². The second-order valence-electron chi connectivity index (χ2n) is 5.19. The summed E-state index contributed by atoms with van der Waals surface area (Å²) in [6.07, 6.45) is -0.659. The zero-order chi connectivity index (χ0) is 15.1. The molecule has 0 bridgehead atoms. The Kier molecular flexibility index (Phi) is 6.96. The number of aliphatic hydroxyl groups is 3. The second kappa shape index (κ2) is 7.42. The van der Waals surface area contributed by atoms with Crippen molar-refractivity contribution >= 4 is 11.9 Å². The van der Waals surface area contributed by atoms with E-state index in [-0.39, 0.29) is 32.5 Å². The van der Waals surface area contributed by atoms with Crippen molar-refractivity contribution in [3.63, 3.8) is 0 Å². The van der Waals surface area contributed by atoms with E-state index < -0.39 is 29.6 Å². The first-order valence-electron chi connectivity index (χ1n) is 6.01. The van der Waals surface area contributed by atoms with Gasteiger partial charge in [-0.2, -0.15) is 0 Å². The first kappa shape index (κ1) is 17.8. The number of aliphatic carboxylic acids is 1. The molecule has 0 heterocycles. The average molecular weight is 278 g/mol. The monoisotopic (exact) mass is 278 g/mol. The van der Waals surface area contributed by atoms with Gasteiger partial charge in [0, 0.05) is 13.0 Å². The van der Waals surface area contributed by atoms with Crippen LogP contribution in [0.25, 0.3) is 0 Å². The molecule has 0 spiro atoms. The zero-order valence-electron chi connectivity index (χ0n) is 11.3. The molecule has 19 heavy (non-hydrogen) atoms. The molecule has 0 aromatic heterocycles. The molecule has 4 N–H and O–H groups in total. The van der Waals surface area contributed by atoms with Crippen LogP contribution in [0.2, 0.25) is 0 Å². The SMILES string of the molecule is CC(O)(CCOC(=O)CC(C)(O)CCO)CC(=O)O. The van der Waals surface area contributed by atoms with Gasteiger partial charge in [-0.05, 0) is 20.3 Å². The Morgan fingerprint density at radius 3 is 2.05 bits per heavy atom. The summed E-state index contributed by atoms with van der Waals surface area (Å²) in [5.74, 6) is -1.80. The molecule has 0 aliphatic carbocycles. The normalized spacial score (nSPS) is 17.3. The molecule has 0 saturated carbocycles. The average Bonchev–Trinajstić information content (AvgIpc) is 2.12. The third-order valence-electron chi connectivity index (χ3n) is 2.61. The maximum absolute atomic E-state index is 11.4. The maximum atomic E-state index is 11.4. The van der Waals surface area contributed by atoms with Crippen LogP contribution in [0.15, 0.2) is 0 Å². The van der Waals surface area contributed by atoms with Crippen LogP contribution in [-0.4, -0.2) is 56.8 Å². The molecule has 0 fully saturated rings. The van der Waals surface area contributed by atoms with Crippen molar-refractivity contribution in [1.82, 2.24) is 0 Å². The molecule has 2 atom stereocenters. The third kappa shape index (κ3) is 9.40. The number of carboxylic acids is 1. The first-order valence-corrected chi connectivity index (χ1v) is 6.01. The molecule has 0 radical (unpaired) electrons. The first-order chi connectivity index (χ1) is 8.58. The summed E-state index contributed by atoms with van der Waals surface area (Å²) in [4.78, 5) is 21.8. The molecule has 0 amide bonds. The molecular formula is C12H22O7. The highest BCUT2D eigenvalue weighted by Gasteiger charge is 2.27. The van der Waals surface area contributed by atoms with Crippen LogP contribution in [0.1, 0.15) is 39.5 Å². The lowest BCUT2D eigenvalue weighted by atomic mass is 9.98. The van der Waals surface area contributed by atoms with E-state index in [1.54, 1.807) is 0 Å². The van der Waals surface area contributed by atoms with Gasteiger partial charge in [0.2, 0.25) is 0 Å². The topological polar surface area (TPSA) is 124 Å². The van der Waals surface area contributed by atoms with E-state index in [0.29, 0.717) is 0 Å². The Labute approximate surface area is 111 Å². The summed E-state index contributed by atoms with van der Waals surface area (Å²) in [5, 5.41) is 36.6. The van der Waals surface area contributed by atoms with Crippen LogP contribution in [0.3, 0.4) is 0 Å². The molecule has 0 rings (SSSR count). The summed E-state index contributed by atoms with van der Waals surface area (Å²) in [7, 11) is 0. The molecule has 0 aromatic carbocycles. The molecule has 0 aromatic rings. The Morgan fingerprint density at radius 2 is 1.58 bits per heavy atom. The van der Waals surface area contributed by atoms with Gasteiger partial charge in [-0.1, -0.05) is 0 Å². The van der Waals surface area contributed by atoms with E-state index in [9.17, 15) is 19.8 Å². The number of aliphatic hydroxyl groups excluding tert-OH is 1. The minimum Gasteiger partial charge on any atom is -0.481 e. The third-order valence-corrected chi connectivity index (χ3v) is 2.61. The fourth-order valence-corrected chi connectivity index (χ4v) is 1.49. The van der Waals surface area contributed by atoms with Crippen LogP contribution >= 0.6 is 0 Å². The highest BCUT2D eigenvalue weighted by Crippen LogP contribution is 2.17. The van der Waals surface area contributed by atoms with Gasteiger partial charge in [-0.3, -0.25) is 9.59 Å². The predicted molar refractivity (Wildman–Crippen MR) is 65.4 cm³/mol. The summed E-state index contributed by atoms with van der Waals surface area (Å²) >= 11 is 0. The lowest BCUT2D eigenvalue weighted by Gasteiger charge is -2.23. The standard InChI is InChI=1S/C12H22O7/c1-11(17,3-5-13)8-10(16)19-6-4-12(2,18)7-9(14)15/h13,17-18H,3-8H2,1-2H3,(H,14,15). The number of ether oxygens (including phenoxy) is 1. The van der Waals surface area contributed by atoms with Crippen LogP contribution in [-0.2, 0) is 14.3 Å². The van der Waals surface area contributed by atoms with Crippen LogP contribution in [0.4, 0.5) is 0 Å². The van der Waals surface area contributed by atoms with Gasteiger partial charge >= 0.3 is 11.9 Å². The van der Waals surface area contributed by atoms with Gasteiger partial charge in [0.25, 0.3) is 0 Å². The number of carboxylic acid groups (broad SMARTS) is 1. The van der Waals surface area contributed by atoms with Gasteiger partial charge in [-0.25, -0.2) is 0 Å². The highest BCUT2D eigenvalue weighted by molar-refractivity contribution is 5.70. The van der Waals surface area contributed by atoms with E-state index in [0.717, 1.165) is 0 Å². The van der Waals surface area contributed by atoms with E-state index in [2.05, 4.69) is 0 Å². The van der Waals surface area contributed by atoms with Gasteiger partial charge in [0.05, 0.1) is 30.7 Å². The lowest BCUT2D eigenvalue weighted by Crippen LogP contribution is -2.32. The molecule has 0 saturated heterocycles. The minimum absolute atomic E-state index is 0.00676. The summed E-state index contributed by atoms with van der Waals surface area (Å²) < 4.78 is 4.81. The van der Waals surface area contributed by atoms with Crippen molar-refractivity contribution in [2.45, 2.75) is 50.7 Å². The Morgan fingerprint density at radius 1 is 1.05 bits per heavy atom. The number of hydrogen-bond donors (Lipinski definition) is 4. The maximum Gasteiger partial charge on any atom is 0.308 e. The Balaban J connectivity index is 4.01. The van der Waals surface area contributed by atoms with Crippen molar-refractivity contribution in [2.24, 2.45) is 0 Å². The smallest absolute Gasteiger partial charge is 0.308 e. The Hall–Kier alpha value is -1.18. The summed E-state index contributed by atoms with van der Waals surface area (Å²) in [6.45, 7) is 2.38. The molecule has 7 heteroatoms. The van der Waals surface area contributed by atoms with Crippen LogP contribution in [0, 0.1) is 0 Å². The van der Waals surface area contributed by atoms with Gasteiger partial charge in [0.1, 0.15) is 0 Å². The van der Waals surface area contributed by atoms with Crippen LogP contribution in [0.5, 0.6) is 0 Å². The number of rotatable bonds is 9. The fourth-order valence-electron chi connectivity index (χ4n) is 1.49. The second-order valence-corrected chi connectivity index (χ2v) is 5.19. The van der Waals surface area contributed by atoms with E-state index in [4.69, 9.17) is 14.9 Å². The molecule has 2 unspecified atom stereocenters. The number of carbonyl (C=O) groups excluding carboxylic acids is 1. The molecule has 0 aliphatic heterocycles. The van der Waals surface area contributed by atoms with Crippen molar-refractivity contribution in [1.29, 1.82) is 0 Å². The van der Waals surface area contributed by atoms with Gasteiger partial charge in [-0.15, -0.1) is 0 Å². The summed E-state index contributed by atoms with van der Waals surface area (Å²) in [5.41, 5.74) is -2.78. The number of hydrogen-bond acceptors (Lipinski definition) is 6. The lowest BCUT2D eigenvalue weighted by molar-refractivity contribution is -0.151. The molecule has 112 valence electrons.